The highest BCUT2D eigenvalue weighted by molar-refractivity contribution is 6.30. The predicted octanol–water partition coefficient (Wildman–Crippen LogP) is 2.41. The van der Waals surface area contributed by atoms with Gasteiger partial charge >= 0.3 is 5.97 Å². The number of amides is 1. The van der Waals surface area contributed by atoms with Gasteiger partial charge in [-0.3, -0.25) is 9.78 Å². The van der Waals surface area contributed by atoms with Crippen LogP contribution in [0.4, 0.5) is 0 Å². The molecule has 0 fully saturated rings. The maximum Gasteiger partial charge on any atom is 0.335 e. The van der Waals surface area contributed by atoms with E-state index in [4.69, 9.17) is 16.7 Å². The lowest BCUT2D eigenvalue weighted by atomic mass is 10.0. The normalized spacial score (nSPS) is 10.1. The van der Waals surface area contributed by atoms with Crippen LogP contribution >= 0.6 is 11.6 Å². The summed E-state index contributed by atoms with van der Waals surface area (Å²) in [4.78, 5) is 26.8. The maximum atomic E-state index is 11.9. The van der Waals surface area contributed by atoms with Crippen LogP contribution in [0.25, 0.3) is 0 Å². The number of hydrogen-bond donors (Lipinski definition) is 2. The number of halogens is 1. The monoisotopic (exact) mass is 304 g/mol. The Morgan fingerprint density at radius 2 is 2.00 bits per heavy atom. The summed E-state index contributed by atoms with van der Waals surface area (Å²) in [6.07, 6.45) is 1.88. The maximum absolute atomic E-state index is 11.9. The largest absolute Gasteiger partial charge is 0.478 e. The van der Waals surface area contributed by atoms with Crippen molar-refractivity contribution in [3.8, 4) is 0 Å². The lowest BCUT2D eigenvalue weighted by Crippen LogP contribution is -2.26. The first-order valence-corrected chi connectivity index (χ1v) is 6.66. The molecule has 108 valence electrons. The Bertz CT molecular complexity index is 673. The van der Waals surface area contributed by atoms with E-state index < -0.39 is 5.97 Å². The molecule has 2 aromatic rings. The average Bonchev–Trinajstić information content (AvgIpc) is 2.47. The van der Waals surface area contributed by atoms with E-state index in [2.05, 4.69) is 10.3 Å². The van der Waals surface area contributed by atoms with Crippen LogP contribution in [0.5, 0.6) is 0 Å². The number of carboxylic acids is 1. The molecule has 1 amide bonds. The number of carbonyl (C=O) groups excluding carboxylic acids is 1. The van der Waals surface area contributed by atoms with Crippen molar-refractivity contribution in [3.63, 3.8) is 0 Å². The van der Waals surface area contributed by atoms with Gasteiger partial charge in [0.15, 0.2) is 0 Å². The second-order valence-electron chi connectivity index (χ2n) is 4.33. The van der Waals surface area contributed by atoms with Gasteiger partial charge in [-0.15, -0.1) is 0 Å². The predicted molar refractivity (Wildman–Crippen MR) is 78.7 cm³/mol. The highest BCUT2D eigenvalue weighted by Gasteiger charge is 2.10. The molecule has 1 aromatic heterocycles. The van der Waals surface area contributed by atoms with Gasteiger partial charge in [-0.1, -0.05) is 29.8 Å². The van der Waals surface area contributed by atoms with Crippen molar-refractivity contribution in [3.05, 3.63) is 64.4 Å². The molecular weight excluding hydrogens is 292 g/mol. The molecule has 5 nitrogen and oxygen atoms in total. The number of pyridine rings is 1. The van der Waals surface area contributed by atoms with E-state index in [1.807, 2.05) is 0 Å². The highest BCUT2D eigenvalue weighted by atomic mass is 35.5. The molecule has 0 aliphatic carbocycles. The Kier molecular flexibility index (Phi) is 4.90. The third-order valence-corrected chi connectivity index (χ3v) is 3.12. The summed E-state index contributed by atoms with van der Waals surface area (Å²) >= 11 is 5.79. The van der Waals surface area contributed by atoms with Gasteiger partial charge in [0.05, 0.1) is 5.56 Å². The van der Waals surface area contributed by atoms with Gasteiger partial charge in [-0.05, 0) is 30.2 Å². The molecular formula is C15H13ClN2O3. The van der Waals surface area contributed by atoms with Crippen molar-refractivity contribution in [1.29, 1.82) is 0 Å². The van der Waals surface area contributed by atoms with Crippen molar-refractivity contribution in [2.75, 3.05) is 6.54 Å². The van der Waals surface area contributed by atoms with Crippen LogP contribution in [-0.2, 0) is 6.42 Å². The second-order valence-corrected chi connectivity index (χ2v) is 4.76. The fourth-order valence-electron chi connectivity index (χ4n) is 1.88. The molecule has 0 bridgehead atoms. The SMILES string of the molecule is O=C(NCCc1ccccc1C(=O)O)c1cc(Cl)ccn1. The molecule has 0 aliphatic heterocycles. The summed E-state index contributed by atoms with van der Waals surface area (Å²) in [5.41, 5.74) is 1.14. The minimum Gasteiger partial charge on any atom is -0.478 e. The van der Waals surface area contributed by atoms with E-state index in [0.717, 1.165) is 0 Å². The van der Waals surface area contributed by atoms with Crippen LogP contribution in [0.3, 0.4) is 0 Å². The summed E-state index contributed by atoms with van der Waals surface area (Å²) in [6, 6.07) is 9.76. The van der Waals surface area contributed by atoms with Crippen molar-refractivity contribution in [1.82, 2.24) is 10.3 Å². The minimum atomic E-state index is -0.978. The first-order valence-electron chi connectivity index (χ1n) is 6.29. The molecule has 21 heavy (non-hydrogen) atoms. The topological polar surface area (TPSA) is 79.3 Å². The van der Waals surface area contributed by atoms with Gasteiger partial charge in [-0.2, -0.15) is 0 Å². The number of rotatable bonds is 5. The average molecular weight is 305 g/mol. The highest BCUT2D eigenvalue weighted by Crippen LogP contribution is 2.10. The smallest absolute Gasteiger partial charge is 0.335 e. The van der Waals surface area contributed by atoms with E-state index >= 15 is 0 Å². The van der Waals surface area contributed by atoms with Crippen molar-refractivity contribution < 1.29 is 14.7 Å². The van der Waals surface area contributed by atoms with Crippen molar-refractivity contribution in [2.45, 2.75) is 6.42 Å². The molecule has 1 aromatic carbocycles. The Labute approximate surface area is 126 Å². The Hall–Kier alpha value is -2.40. The van der Waals surface area contributed by atoms with Gasteiger partial charge in [0, 0.05) is 17.8 Å². The van der Waals surface area contributed by atoms with E-state index in [1.165, 1.54) is 18.3 Å². The Morgan fingerprint density at radius 3 is 2.71 bits per heavy atom. The van der Waals surface area contributed by atoms with Crippen LogP contribution in [0, 0.1) is 0 Å². The number of aromatic carboxylic acids is 1. The van der Waals surface area contributed by atoms with Crippen LogP contribution in [0.1, 0.15) is 26.4 Å². The lowest BCUT2D eigenvalue weighted by Gasteiger charge is -2.07. The molecule has 0 radical (unpaired) electrons. The lowest BCUT2D eigenvalue weighted by molar-refractivity contribution is 0.0695. The van der Waals surface area contributed by atoms with Crippen LogP contribution in [0.15, 0.2) is 42.6 Å². The van der Waals surface area contributed by atoms with E-state index in [1.54, 1.807) is 24.3 Å². The molecule has 2 rings (SSSR count). The van der Waals surface area contributed by atoms with Gasteiger partial charge < -0.3 is 10.4 Å². The van der Waals surface area contributed by atoms with Gasteiger partial charge in [0.1, 0.15) is 5.69 Å². The first-order chi connectivity index (χ1) is 10.1. The van der Waals surface area contributed by atoms with Gasteiger partial charge in [0.25, 0.3) is 5.91 Å². The zero-order valence-corrected chi connectivity index (χ0v) is 11.8. The molecule has 6 heteroatoms. The van der Waals surface area contributed by atoms with E-state index in [-0.39, 0.29) is 17.2 Å². The standard InChI is InChI=1S/C15H13ClN2O3/c16-11-6-8-17-13(9-11)14(19)18-7-5-10-3-1-2-4-12(10)15(20)21/h1-4,6,8-9H,5,7H2,(H,18,19)(H,20,21). The van der Waals surface area contributed by atoms with Crippen LogP contribution in [0.2, 0.25) is 5.02 Å². The molecule has 2 N–H and O–H groups in total. The van der Waals surface area contributed by atoms with E-state index in [0.29, 0.717) is 23.6 Å². The minimum absolute atomic E-state index is 0.231. The molecule has 0 spiro atoms. The quantitative estimate of drug-likeness (QED) is 0.889. The third-order valence-electron chi connectivity index (χ3n) is 2.88. The summed E-state index contributed by atoms with van der Waals surface area (Å²) < 4.78 is 0. The summed E-state index contributed by atoms with van der Waals surface area (Å²) in [5.74, 6) is -1.32. The molecule has 1 heterocycles. The zero-order valence-electron chi connectivity index (χ0n) is 11.0. The Balaban J connectivity index is 1.96. The number of nitrogens with one attached hydrogen (secondary N) is 1. The Morgan fingerprint density at radius 1 is 1.24 bits per heavy atom. The van der Waals surface area contributed by atoms with Gasteiger partial charge in [0.2, 0.25) is 0 Å². The zero-order chi connectivity index (χ0) is 15.2. The summed E-state index contributed by atoms with van der Waals surface area (Å²) in [6.45, 7) is 0.317. The molecule has 0 unspecified atom stereocenters. The molecule has 0 saturated heterocycles. The number of benzene rings is 1. The van der Waals surface area contributed by atoms with Crippen molar-refractivity contribution >= 4 is 23.5 Å². The van der Waals surface area contributed by atoms with Crippen molar-refractivity contribution in [2.24, 2.45) is 0 Å². The summed E-state index contributed by atoms with van der Waals surface area (Å²) in [7, 11) is 0. The first kappa shape index (κ1) is 15.0. The van der Waals surface area contributed by atoms with Crippen LogP contribution in [-0.4, -0.2) is 28.5 Å². The summed E-state index contributed by atoms with van der Waals surface area (Å²) in [5, 5.41) is 12.2. The molecule has 0 aliphatic rings. The fraction of sp³-hybridized carbons (Fsp3) is 0.133. The molecule has 0 atom stereocenters. The van der Waals surface area contributed by atoms with Gasteiger partial charge in [-0.25, -0.2) is 4.79 Å². The molecule has 0 saturated carbocycles. The van der Waals surface area contributed by atoms with E-state index in [9.17, 15) is 9.59 Å². The van der Waals surface area contributed by atoms with Crippen LogP contribution < -0.4 is 5.32 Å². The number of carbonyl (C=O) groups is 2. The number of hydrogen-bond acceptors (Lipinski definition) is 3. The number of aromatic nitrogens is 1. The number of nitrogens with zero attached hydrogens (tertiary/aromatic N) is 1. The third kappa shape index (κ3) is 4.03. The fourth-order valence-corrected chi connectivity index (χ4v) is 2.04. The number of carboxylic acid groups (broad SMARTS) is 1. The second kappa shape index (κ2) is 6.85.